The van der Waals surface area contributed by atoms with Gasteiger partial charge in [0.15, 0.2) is 0 Å². The summed E-state index contributed by atoms with van der Waals surface area (Å²) >= 11 is 0. The van der Waals surface area contributed by atoms with Crippen LogP contribution in [-0.2, 0) is 0 Å². The summed E-state index contributed by atoms with van der Waals surface area (Å²) in [6.07, 6.45) is 18.7. The van der Waals surface area contributed by atoms with Crippen LogP contribution in [0.2, 0.25) is 0 Å². The van der Waals surface area contributed by atoms with E-state index >= 15 is 0 Å². The molecule has 0 aromatic heterocycles. The number of rotatable bonds is 0. The van der Waals surface area contributed by atoms with Crippen LogP contribution in [0.5, 0.6) is 0 Å². The van der Waals surface area contributed by atoms with Gasteiger partial charge in [-0.15, -0.1) is 0 Å². The van der Waals surface area contributed by atoms with Crippen molar-refractivity contribution in [2.24, 2.45) is 5.41 Å². The molecule has 0 amide bonds. The monoisotopic (exact) mass is 240 g/mol. The molecule has 0 aliphatic heterocycles. The van der Waals surface area contributed by atoms with Gasteiger partial charge in [-0.3, -0.25) is 0 Å². The van der Waals surface area contributed by atoms with Crippen molar-refractivity contribution in [2.75, 3.05) is 0 Å². The second-order valence-electron chi connectivity index (χ2n) is 6.62. The van der Waals surface area contributed by atoms with Crippen LogP contribution in [-0.4, -0.2) is 0 Å². The Labute approximate surface area is 111 Å². The fourth-order valence-corrected chi connectivity index (χ4v) is 3.57. The van der Waals surface area contributed by atoms with Gasteiger partial charge in [0.2, 0.25) is 0 Å². The minimum Gasteiger partial charge on any atom is -0.0831 e. The van der Waals surface area contributed by atoms with E-state index < -0.39 is 0 Å². The molecule has 3 aliphatic carbocycles. The molecule has 0 heteroatoms. The summed E-state index contributed by atoms with van der Waals surface area (Å²) in [6, 6.07) is 0. The zero-order chi connectivity index (χ0) is 12.6. The normalized spacial score (nSPS) is 26.6. The molecule has 0 N–H and O–H groups in total. The highest BCUT2D eigenvalue weighted by atomic mass is 14.3. The molecular weight excluding hydrogens is 216 g/mol. The number of allylic oxidation sites excluding steroid dienone is 8. The highest BCUT2D eigenvalue weighted by molar-refractivity contribution is 5.51. The lowest BCUT2D eigenvalue weighted by atomic mass is 9.70. The van der Waals surface area contributed by atoms with E-state index in [1.165, 1.54) is 50.5 Å². The molecule has 0 nitrogen and oxygen atoms in total. The van der Waals surface area contributed by atoms with Gasteiger partial charge >= 0.3 is 0 Å². The Morgan fingerprint density at radius 1 is 0.944 bits per heavy atom. The van der Waals surface area contributed by atoms with Gasteiger partial charge in [0.25, 0.3) is 0 Å². The molecule has 1 saturated carbocycles. The van der Waals surface area contributed by atoms with Crippen LogP contribution in [0.3, 0.4) is 0 Å². The summed E-state index contributed by atoms with van der Waals surface area (Å²) in [5, 5.41) is 0. The minimum absolute atomic E-state index is 0.356. The number of hydrogen-bond donors (Lipinski definition) is 0. The van der Waals surface area contributed by atoms with E-state index in [-0.39, 0.29) is 0 Å². The van der Waals surface area contributed by atoms with Crippen molar-refractivity contribution in [1.29, 1.82) is 0 Å². The SMILES string of the molecule is CC1(C)CC=CC2=C1CC(=C1CCCCC1)C=C2. The van der Waals surface area contributed by atoms with Gasteiger partial charge in [-0.25, -0.2) is 0 Å². The van der Waals surface area contributed by atoms with E-state index in [1.54, 1.807) is 16.7 Å². The van der Waals surface area contributed by atoms with E-state index in [1.807, 2.05) is 0 Å². The molecular formula is C18H24. The minimum atomic E-state index is 0.356. The van der Waals surface area contributed by atoms with Crippen molar-refractivity contribution in [3.05, 3.63) is 46.6 Å². The molecule has 0 saturated heterocycles. The van der Waals surface area contributed by atoms with E-state index in [0.29, 0.717) is 5.41 Å². The molecule has 0 spiro atoms. The molecule has 3 aliphatic rings. The molecule has 0 aromatic carbocycles. The van der Waals surface area contributed by atoms with Crippen LogP contribution < -0.4 is 0 Å². The van der Waals surface area contributed by atoms with Crippen molar-refractivity contribution in [1.82, 2.24) is 0 Å². The fourth-order valence-electron chi connectivity index (χ4n) is 3.57. The lowest BCUT2D eigenvalue weighted by Crippen LogP contribution is -2.20. The highest BCUT2D eigenvalue weighted by Crippen LogP contribution is 2.44. The van der Waals surface area contributed by atoms with Crippen LogP contribution in [0.4, 0.5) is 0 Å². The summed E-state index contributed by atoms with van der Waals surface area (Å²) in [6.45, 7) is 4.79. The standard InChI is InChI=1S/C18H24/c1-18(2)12-6-9-15-10-11-16(13-17(15)18)14-7-4-3-5-8-14/h6,9-11H,3-5,7-8,12-13H2,1-2H3. The van der Waals surface area contributed by atoms with E-state index in [4.69, 9.17) is 0 Å². The molecule has 1 fully saturated rings. The average Bonchev–Trinajstić information content (AvgIpc) is 2.39. The van der Waals surface area contributed by atoms with Gasteiger partial charge in [0, 0.05) is 0 Å². The average molecular weight is 240 g/mol. The largest absolute Gasteiger partial charge is 0.0831 e. The quantitative estimate of drug-likeness (QED) is 0.525. The molecule has 18 heavy (non-hydrogen) atoms. The zero-order valence-corrected chi connectivity index (χ0v) is 11.8. The molecule has 0 unspecified atom stereocenters. The molecule has 0 radical (unpaired) electrons. The fraction of sp³-hybridized carbons (Fsp3) is 0.556. The van der Waals surface area contributed by atoms with Crippen LogP contribution in [0, 0.1) is 5.41 Å². The third-order valence-electron chi connectivity index (χ3n) is 4.83. The Morgan fingerprint density at radius 3 is 2.50 bits per heavy atom. The van der Waals surface area contributed by atoms with Crippen LogP contribution in [0.15, 0.2) is 46.6 Å². The van der Waals surface area contributed by atoms with Crippen LogP contribution in [0.25, 0.3) is 0 Å². The maximum absolute atomic E-state index is 2.40. The first-order valence-corrected chi connectivity index (χ1v) is 7.46. The highest BCUT2D eigenvalue weighted by Gasteiger charge is 2.29. The smallest absolute Gasteiger partial charge is 0.00531 e. The maximum atomic E-state index is 2.40. The predicted molar refractivity (Wildman–Crippen MR) is 78.4 cm³/mol. The Morgan fingerprint density at radius 2 is 1.72 bits per heavy atom. The van der Waals surface area contributed by atoms with Crippen molar-refractivity contribution in [3.8, 4) is 0 Å². The van der Waals surface area contributed by atoms with Gasteiger partial charge in [-0.2, -0.15) is 0 Å². The summed E-state index contributed by atoms with van der Waals surface area (Å²) in [7, 11) is 0. The second kappa shape index (κ2) is 4.57. The first kappa shape index (κ1) is 12.0. The van der Waals surface area contributed by atoms with E-state index in [2.05, 4.69) is 38.2 Å². The zero-order valence-electron chi connectivity index (χ0n) is 11.8. The lowest BCUT2D eigenvalue weighted by molar-refractivity contribution is 0.433. The molecule has 0 atom stereocenters. The van der Waals surface area contributed by atoms with Crippen LogP contribution in [0.1, 0.15) is 58.8 Å². The molecule has 3 rings (SSSR count). The maximum Gasteiger partial charge on any atom is -0.00531 e. The summed E-state index contributed by atoms with van der Waals surface area (Å²) in [4.78, 5) is 0. The Balaban J connectivity index is 1.92. The van der Waals surface area contributed by atoms with Gasteiger partial charge in [-0.1, -0.05) is 55.7 Å². The van der Waals surface area contributed by atoms with E-state index in [9.17, 15) is 0 Å². The van der Waals surface area contributed by atoms with Crippen LogP contribution >= 0.6 is 0 Å². The van der Waals surface area contributed by atoms with Gasteiger partial charge in [-0.05, 0) is 55.1 Å². The molecule has 0 bridgehead atoms. The topological polar surface area (TPSA) is 0 Å². The third kappa shape index (κ3) is 2.13. The molecule has 0 aromatic rings. The number of hydrogen-bond acceptors (Lipinski definition) is 0. The molecule has 0 heterocycles. The Kier molecular flexibility index (Phi) is 3.05. The third-order valence-corrected chi connectivity index (χ3v) is 4.83. The first-order valence-electron chi connectivity index (χ1n) is 7.46. The van der Waals surface area contributed by atoms with Crippen molar-refractivity contribution in [2.45, 2.75) is 58.8 Å². The van der Waals surface area contributed by atoms with Gasteiger partial charge in [0.1, 0.15) is 0 Å². The Hall–Kier alpha value is -1.04. The van der Waals surface area contributed by atoms with Crippen molar-refractivity contribution >= 4 is 0 Å². The van der Waals surface area contributed by atoms with Crippen molar-refractivity contribution < 1.29 is 0 Å². The van der Waals surface area contributed by atoms with Gasteiger partial charge in [0.05, 0.1) is 0 Å². The summed E-state index contributed by atoms with van der Waals surface area (Å²) in [5.74, 6) is 0. The van der Waals surface area contributed by atoms with Crippen molar-refractivity contribution in [3.63, 3.8) is 0 Å². The summed E-state index contributed by atoms with van der Waals surface area (Å²) < 4.78 is 0. The summed E-state index contributed by atoms with van der Waals surface area (Å²) in [5.41, 5.74) is 6.88. The first-order chi connectivity index (χ1) is 8.67. The predicted octanol–water partition coefficient (Wildman–Crippen LogP) is 5.49. The second-order valence-corrected chi connectivity index (χ2v) is 6.62. The Bertz CT molecular complexity index is 458. The van der Waals surface area contributed by atoms with E-state index in [0.717, 1.165) is 0 Å². The van der Waals surface area contributed by atoms with Gasteiger partial charge < -0.3 is 0 Å². The lowest BCUT2D eigenvalue weighted by Gasteiger charge is -2.34. The molecule has 96 valence electrons.